The molecule has 0 spiro atoms. The number of nitro benzene ring substituents is 2. The van der Waals surface area contributed by atoms with E-state index in [0.29, 0.717) is 16.7 Å². The zero-order chi connectivity index (χ0) is 20.5. The van der Waals surface area contributed by atoms with E-state index >= 15 is 0 Å². The van der Waals surface area contributed by atoms with Crippen LogP contribution in [0.1, 0.15) is 0 Å². The molecule has 0 heterocycles. The molecule has 0 unspecified atom stereocenters. The number of hydrogen-bond donors (Lipinski definition) is 2. The molecule has 0 aliphatic rings. The third-order valence-corrected chi connectivity index (χ3v) is 5.11. The van der Waals surface area contributed by atoms with E-state index in [0.717, 1.165) is 0 Å². The van der Waals surface area contributed by atoms with Crippen molar-refractivity contribution in [3.8, 4) is 22.3 Å². The maximum absolute atomic E-state index is 12.0. The zero-order valence-electron chi connectivity index (χ0n) is 14.1. The SMILES string of the molecule is O=[N+]([O-])c1ccc(-c2cccc(P(=O)(O)O)c2-c2ccc([N+](=O)[O-])cc2)cc1. The van der Waals surface area contributed by atoms with E-state index in [1.54, 1.807) is 6.07 Å². The van der Waals surface area contributed by atoms with Gasteiger partial charge in [-0.3, -0.25) is 24.8 Å². The highest BCUT2D eigenvalue weighted by Gasteiger charge is 2.25. The summed E-state index contributed by atoms with van der Waals surface area (Å²) in [5.74, 6) is 0. The molecule has 3 aromatic rings. The molecule has 0 bridgehead atoms. The fourth-order valence-corrected chi connectivity index (χ4v) is 3.66. The van der Waals surface area contributed by atoms with Gasteiger partial charge >= 0.3 is 7.60 Å². The Bertz CT molecular complexity index is 1110. The van der Waals surface area contributed by atoms with Gasteiger partial charge in [0.25, 0.3) is 11.4 Å². The smallest absolute Gasteiger partial charge is 0.321 e. The largest absolute Gasteiger partial charge is 0.356 e. The van der Waals surface area contributed by atoms with Gasteiger partial charge in [0.1, 0.15) is 0 Å². The highest BCUT2D eigenvalue weighted by atomic mass is 31.2. The van der Waals surface area contributed by atoms with E-state index in [2.05, 4.69) is 0 Å². The van der Waals surface area contributed by atoms with Crippen LogP contribution in [-0.4, -0.2) is 19.6 Å². The van der Waals surface area contributed by atoms with Crippen LogP contribution in [0.2, 0.25) is 0 Å². The summed E-state index contributed by atoms with van der Waals surface area (Å²) in [6.07, 6.45) is 0. The van der Waals surface area contributed by atoms with Crippen LogP contribution in [0.15, 0.2) is 66.7 Å². The molecule has 0 amide bonds. The van der Waals surface area contributed by atoms with Crippen LogP contribution in [0.4, 0.5) is 11.4 Å². The standard InChI is InChI=1S/C18H13N2O7P/c21-19(22)14-8-4-12(5-9-14)16-2-1-3-17(28(25,26)27)18(16)13-6-10-15(11-7-13)20(23)24/h1-11H,(H2,25,26,27). The fourth-order valence-electron chi connectivity index (χ4n) is 2.84. The Kier molecular flexibility index (Phi) is 5.06. The number of rotatable bonds is 5. The van der Waals surface area contributed by atoms with E-state index in [1.807, 2.05) is 0 Å². The van der Waals surface area contributed by atoms with Gasteiger partial charge in [-0.15, -0.1) is 0 Å². The minimum Gasteiger partial charge on any atom is -0.321 e. The third kappa shape index (κ3) is 3.81. The first-order valence-corrected chi connectivity index (χ1v) is 9.48. The predicted molar refractivity (Wildman–Crippen MR) is 102 cm³/mol. The van der Waals surface area contributed by atoms with Gasteiger partial charge < -0.3 is 9.79 Å². The number of nitro groups is 2. The normalized spacial score (nSPS) is 11.2. The predicted octanol–water partition coefficient (Wildman–Crippen LogP) is 3.64. The second-order valence-electron chi connectivity index (χ2n) is 5.85. The number of non-ortho nitro benzene ring substituents is 2. The van der Waals surface area contributed by atoms with Crippen molar-refractivity contribution in [1.29, 1.82) is 0 Å². The minimum absolute atomic E-state index is 0.119. The van der Waals surface area contributed by atoms with Crippen LogP contribution in [0, 0.1) is 20.2 Å². The van der Waals surface area contributed by atoms with Crippen molar-refractivity contribution in [2.45, 2.75) is 0 Å². The molecule has 0 aliphatic carbocycles. The Morgan fingerprint density at radius 1 is 0.714 bits per heavy atom. The second kappa shape index (κ2) is 7.32. The van der Waals surface area contributed by atoms with Crippen LogP contribution < -0.4 is 5.30 Å². The van der Waals surface area contributed by atoms with Crippen LogP contribution in [0.3, 0.4) is 0 Å². The highest BCUT2D eigenvalue weighted by Crippen LogP contribution is 2.42. The lowest BCUT2D eigenvalue weighted by atomic mass is 9.94. The maximum atomic E-state index is 12.0. The molecule has 0 atom stereocenters. The maximum Gasteiger partial charge on any atom is 0.356 e. The van der Waals surface area contributed by atoms with Gasteiger partial charge in [-0.05, 0) is 47.0 Å². The van der Waals surface area contributed by atoms with Crippen molar-refractivity contribution in [2.24, 2.45) is 0 Å². The summed E-state index contributed by atoms with van der Waals surface area (Å²) in [6.45, 7) is 0. The van der Waals surface area contributed by atoms with E-state index < -0.39 is 17.4 Å². The van der Waals surface area contributed by atoms with E-state index in [9.17, 15) is 34.6 Å². The lowest BCUT2D eigenvalue weighted by Crippen LogP contribution is -2.09. The number of hydrogen-bond acceptors (Lipinski definition) is 5. The number of benzene rings is 3. The Balaban J connectivity index is 2.24. The average molecular weight is 400 g/mol. The van der Waals surface area contributed by atoms with Crippen LogP contribution in [-0.2, 0) is 4.57 Å². The van der Waals surface area contributed by atoms with Gasteiger partial charge in [0.15, 0.2) is 0 Å². The average Bonchev–Trinajstić information content (AvgIpc) is 2.67. The van der Waals surface area contributed by atoms with Gasteiger partial charge in [0, 0.05) is 29.8 Å². The molecule has 28 heavy (non-hydrogen) atoms. The highest BCUT2D eigenvalue weighted by molar-refractivity contribution is 7.60. The summed E-state index contributed by atoms with van der Waals surface area (Å²) in [6, 6.07) is 15.2. The molecular weight excluding hydrogens is 387 g/mol. The molecule has 0 saturated heterocycles. The second-order valence-corrected chi connectivity index (χ2v) is 7.42. The molecule has 0 aromatic heterocycles. The van der Waals surface area contributed by atoms with E-state index in [-0.39, 0.29) is 22.2 Å². The van der Waals surface area contributed by atoms with Crippen molar-refractivity contribution < 1.29 is 24.2 Å². The molecule has 142 valence electrons. The molecular formula is C18H13N2O7P. The molecule has 3 aromatic carbocycles. The van der Waals surface area contributed by atoms with E-state index in [4.69, 9.17) is 0 Å². The first kappa shape index (κ1) is 19.4. The Morgan fingerprint density at radius 3 is 1.61 bits per heavy atom. The van der Waals surface area contributed by atoms with Gasteiger partial charge in [-0.1, -0.05) is 12.1 Å². The summed E-state index contributed by atoms with van der Waals surface area (Å²) in [5.41, 5.74) is 1.25. The van der Waals surface area contributed by atoms with Crippen LogP contribution in [0.5, 0.6) is 0 Å². The van der Waals surface area contributed by atoms with Crippen molar-refractivity contribution in [1.82, 2.24) is 0 Å². The summed E-state index contributed by atoms with van der Waals surface area (Å²) in [5, 5.41) is 21.5. The lowest BCUT2D eigenvalue weighted by molar-refractivity contribution is -0.385. The topological polar surface area (TPSA) is 144 Å². The summed E-state index contributed by atoms with van der Waals surface area (Å²) < 4.78 is 12.0. The first-order chi connectivity index (χ1) is 13.2. The molecule has 9 nitrogen and oxygen atoms in total. The van der Waals surface area contributed by atoms with Gasteiger partial charge in [-0.2, -0.15) is 0 Å². The Morgan fingerprint density at radius 2 is 1.18 bits per heavy atom. The van der Waals surface area contributed by atoms with Crippen molar-refractivity contribution in [3.63, 3.8) is 0 Å². The molecule has 0 aliphatic heterocycles. The van der Waals surface area contributed by atoms with Gasteiger partial charge in [-0.25, -0.2) is 0 Å². The quantitative estimate of drug-likeness (QED) is 0.378. The molecule has 0 saturated carbocycles. The van der Waals surface area contributed by atoms with Crippen molar-refractivity contribution >= 4 is 24.3 Å². The monoisotopic (exact) mass is 400 g/mol. The third-order valence-electron chi connectivity index (χ3n) is 4.11. The molecule has 10 heteroatoms. The molecule has 0 fully saturated rings. The van der Waals surface area contributed by atoms with Crippen LogP contribution in [0.25, 0.3) is 22.3 Å². The molecule has 0 radical (unpaired) electrons. The summed E-state index contributed by atoms with van der Waals surface area (Å²) in [7, 11) is -4.67. The molecule has 2 N–H and O–H groups in total. The zero-order valence-corrected chi connectivity index (χ0v) is 15.0. The fraction of sp³-hybridized carbons (Fsp3) is 0. The number of nitrogens with zero attached hydrogens (tertiary/aromatic N) is 2. The Labute approximate surface area is 158 Å². The van der Waals surface area contributed by atoms with Crippen LogP contribution >= 0.6 is 7.60 Å². The van der Waals surface area contributed by atoms with E-state index in [1.165, 1.54) is 60.7 Å². The van der Waals surface area contributed by atoms with Crippen molar-refractivity contribution in [2.75, 3.05) is 0 Å². The minimum atomic E-state index is -4.67. The first-order valence-electron chi connectivity index (χ1n) is 7.87. The van der Waals surface area contributed by atoms with Crippen molar-refractivity contribution in [3.05, 3.63) is 87.0 Å². The summed E-state index contributed by atoms with van der Waals surface area (Å²) in [4.78, 5) is 40.2. The van der Waals surface area contributed by atoms with Gasteiger partial charge in [0.05, 0.1) is 15.2 Å². The van der Waals surface area contributed by atoms with Gasteiger partial charge in [0.2, 0.25) is 0 Å². The summed E-state index contributed by atoms with van der Waals surface area (Å²) >= 11 is 0. The molecule has 3 rings (SSSR count). The lowest BCUT2D eigenvalue weighted by Gasteiger charge is -2.16. The Hall–Kier alpha value is -3.39.